The minimum absolute atomic E-state index is 0.0852. The topological polar surface area (TPSA) is 72.5 Å². The molecule has 0 radical (unpaired) electrons. The Kier molecular flexibility index (Phi) is 5.36. The highest BCUT2D eigenvalue weighted by molar-refractivity contribution is 8.00. The number of nitrogens with two attached hydrogens (primary N) is 1. The maximum absolute atomic E-state index is 11.1. The average molecular weight is 207 g/mol. The zero-order valence-electron chi connectivity index (χ0n) is 8.24. The van der Waals surface area contributed by atoms with Gasteiger partial charge in [-0.2, -0.15) is 11.8 Å². The molecule has 0 amide bonds. The molecule has 0 fully saturated rings. The highest BCUT2D eigenvalue weighted by Crippen LogP contribution is 2.16. The van der Waals surface area contributed by atoms with E-state index in [2.05, 4.69) is 4.74 Å². The third-order valence-corrected chi connectivity index (χ3v) is 3.06. The Morgan fingerprint density at radius 3 is 2.69 bits per heavy atom. The largest absolute Gasteiger partial charge is 0.468 e. The van der Waals surface area contributed by atoms with Crippen molar-refractivity contribution in [3.63, 3.8) is 0 Å². The normalized spacial score (nSPS) is 17.6. The van der Waals surface area contributed by atoms with E-state index in [1.807, 2.05) is 6.92 Å². The van der Waals surface area contributed by atoms with Gasteiger partial charge in [0, 0.05) is 11.0 Å². The lowest BCUT2D eigenvalue weighted by molar-refractivity contribution is -0.145. The molecule has 0 saturated heterocycles. The Morgan fingerprint density at radius 1 is 1.77 bits per heavy atom. The van der Waals surface area contributed by atoms with E-state index in [9.17, 15) is 4.79 Å². The Labute approximate surface area is 82.8 Å². The van der Waals surface area contributed by atoms with Crippen molar-refractivity contribution < 1.29 is 14.6 Å². The van der Waals surface area contributed by atoms with Crippen LogP contribution in [0.25, 0.3) is 0 Å². The molecule has 5 heteroatoms. The first-order valence-electron chi connectivity index (χ1n) is 4.03. The lowest BCUT2D eigenvalue weighted by Gasteiger charge is -2.22. The van der Waals surface area contributed by atoms with Crippen LogP contribution < -0.4 is 5.73 Å². The maximum atomic E-state index is 11.1. The molecule has 2 atom stereocenters. The zero-order valence-corrected chi connectivity index (χ0v) is 9.06. The third kappa shape index (κ3) is 4.50. The van der Waals surface area contributed by atoms with E-state index >= 15 is 0 Å². The summed E-state index contributed by atoms with van der Waals surface area (Å²) >= 11 is 1.45. The molecule has 0 bridgehead atoms. The third-order valence-electron chi connectivity index (χ3n) is 1.58. The molecule has 4 nitrogen and oxygen atoms in total. The molecule has 0 aliphatic rings. The van der Waals surface area contributed by atoms with Crippen LogP contribution >= 0.6 is 11.8 Å². The smallest absolute Gasteiger partial charge is 0.326 e. The second-order valence-electron chi connectivity index (χ2n) is 3.21. The summed E-state index contributed by atoms with van der Waals surface area (Å²) in [6.45, 7) is 3.58. The second-order valence-corrected chi connectivity index (χ2v) is 4.64. The summed E-state index contributed by atoms with van der Waals surface area (Å²) in [5.41, 5.74) is 4.73. The number of methoxy groups -OCH3 is 1. The Balaban J connectivity index is 3.95. The first-order chi connectivity index (χ1) is 5.94. The molecular weight excluding hydrogens is 190 g/mol. The number of hydrogen-bond acceptors (Lipinski definition) is 5. The first-order valence-corrected chi connectivity index (χ1v) is 5.08. The number of aliphatic hydroxyl groups excluding tert-OH is 1. The van der Waals surface area contributed by atoms with Crippen molar-refractivity contribution in [1.29, 1.82) is 0 Å². The number of carbonyl (C=O) groups is 1. The van der Waals surface area contributed by atoms with Gasteiger partial charge in [-0.25, -0.2) is 0 Å². The molecule has 0 aromatic carbocycles. The number of ether oxygens (including phenoxy) is 1. The van der Waals surface area contributed by atoms with Crippen molar-refractivity contribution >= 4 is 17.7 Å². The molecule has 0 aromatic rings. The number of hydrogen-bond donors (Lipinski definition) is 2. The van der Waals surface area contributed by atoms with Crippen LogP contribution in [0.15, 0.2) is 0 Å². The SMILES string of the molecule is COC(=O)C(C)(N)CSC(C)CO. The fourth-order valence-electron chi connectivity index (χ4n) is 0.660. The molecule has 13 heavy (non-hydrogen) atoms. The summed E-state index contributed by atoms with van der Waals surface area (Å²) in [6, 6.07) is 0. The van der Waals surface area contributed by atoms with Crippen LogP contribution in [0.4, 0.5) is 0 Å². The standard InChI is InChI=1S/C8H17NO3S/c1-6(4-10)13-5-8(2,9)7(11)12-3/h6,10H,4-5,9H2,1-3H3. The number of aliphatic hydroxyl groups is 1. The van der Waals surface area contributed by atoms with Crippen molar-refractivity contribution in [3.8, 4) is 0 Å². The molecule has 0 spiro atoms. The van der Waals surface area contributed by atoms with Crippen LogP contribution in [-0.4, -0.2) is 41.3 Å². The summed E-state index contributed by atoms with van der Waals surface area (Å²) < 4.78 is 4.54. The number of thioether (sulfide) groups is 1. The maximum Gasteiger partial charge on any atom is 0.326 e. The van der Waals surface area contributed by atoms with E-state index < -0.39 is 11.5 Å². The molecule has 0 rings (SSSR count). The van der Waals surface area contributed by atoms with Crippen LogP contribution in [0, 0.1) is 0 Å². The lowest BCUT2D eigenvalue weighted by Crippen LogP contribution is -2.48. The van der Waals surface area contributed by atoms with E-state index in [0.717, 1.165) is 0 Å². The molecule has 0 aromatic heterocycles. The van der Waals surface area contributed by atoms with Gasteiger partial charge in [0.1, 0.15) is 5.54 Å². The van der Waals surface area contributed by atoms with E-state index in [1.165, 1.54) is 18.9 Å². The van der Waals surface area contributed by atoms with Gasteiger partial charge < -0.3 is 15.6 Å². The van der Waals surface area contributed by atoms with Crippen molar-refractivity contribution in [3.05, 3.63) is 0 Å². The van der Waals surface area contributed by atoms with Gasteiger partial charge in [-0.05, 0) is 6.92 Å². The zero-order chi connectivity index (χ0) is 10.5. The molecule has 3 N–H and O–H groups in total. The summed E-state index contributed by atoms with van der Waals surface area (Å²) in [6.07, 6.45) is 0. The van der Waals surface area contributed by atoms with Crippen LogP contribution in [0.2, 0.25) is 0 Å². The van der Waals surface area contributed by atoms with Crippen molar-refractivity contribution in [1.82, 2.24) is 0 Å². The lowest BCUT2D eigenvalue weighted by atomic mass is 10.1. The highest BCUT2D eigenvalue weighted by Gasteiger charge is 2.29. The number of esters is 1. The van der Waals surface area contributed by atoms with Gasteiger partial charge in [0.2, 0.25) is 0 Å². The van der Waals surface area contributed by atoms with Gasteiger partial charge in [-0.1, -0.05) is 6.92 Å². The van der Waals surface area contributed by atoms with Gasteiger partial charge in [0.15, 0.2) is 0 Å². The van der Waals surface area contributed by atoms with Crippen LogP contribution in [0.1, 0.15) is 13.8 Å². The fraction of sp³-hybridized carbons (Fsp3) is 0.875. The molecule has 2 unspecified atom stereocenters. The van der Waals surface area contributed by atoms with Crippen LogP contribution in [-0.2, 0) is 9.53 Å². The number of carbonyl (C=O) groups excluding carboxylic acids is 1. The van der Waals surface area contributed by atoms with Gasteiger partial charge in [-0.3, -0.25) is 4.79 Å². The highest BCUT2D eigenvalue weighted by atomic mass is 32.2. The van der Waals surface area contributed by atoms with Crippen LogP contribution in [0.3, 0.4) is 0 Å². The summed E-state index contributed by atoms with van der Waals surface area (Å²) in [7, 11) is 1.31. The quantitative estimate of drug-likeness (QED) is 0.620. The number of rotatable bonds is 5. The molecular formula is C8H17NO3S. The Hall–Kier alpha value is -0.260. The summed E-state index contributed by atoms with van der Waals surface area (Å²) in [5, 5.41) is 8.84. The van der Waals surface area contributed by atoms with Gasteiger partial charge in [0.25, 0.3) is 0 Å². The monoisotopic (exact) mass is 207 g/mol. The first kappa shape index (κ1) is 12.7. The van der Waals surface area contributed by atoms with Gasteiger partial charge >= 0.3 is 5.97 Å². The molecule has 78 valence electrons. The minimum Gasteiger partial charge on any atom is -0.468 e. The van der Waals surface area contributed by atoms with Crippen molar-refractivity contribution in [2.45, 2.75) is 24.6 Å². The van der Waals surface area contributed by atoms with Gasteiger partial charge in [-0.15, -0.1) is 0 Å². The predicted octanol–water partition coefficient (Wildman–Crippen LogP) is -0.00920. The molecule has 0 aliphatic heterocycles. The van der Waals surface area contributed by atoms with E-state index in [1.54, 1.807) is 6.92 Å². The van der Waals surface area contributed by atoms with E-state index in [4.69, 9.17) is 10.8 Å². The second kappa shape index (κ2) is 5.47. The Morgan fingerprint density at radius 2 is 2.31 bits per heavy atom. The molecule has 0 heterocycles. The Bertz CT molecular complexity index is 173. The predicted molar refractivity (Wildman–Crippen MR) is 53.6 cm³/mol. The average Bonchev–Trinajstić information content (AvgIpc) is 2.12. The molecule has 0 saturated carbocycles. The summed E-state index contributed by atoms with van der Waals surface area (Å²) in [5.74, 6) is 0.0200. The van der Waals surface area contributed by atoms with Crippen molar-refractivity contribution in [2.75, 3.05) is 19.5 Å². The fourth-order valence-corrected chi connectivity index (χ4v) is 1.51. The van der Waals surface area contributed by atoms with Gasteiger partial charge in [0.05, 0.1) is 13.7 Å². The van der Waals surface area contributed by atoms with E-state index in [-0.39, 0.29) is 11.9 Å². The molecule has 0 aliphatic carbocycles. The van der Waals surface area contributed by atoms with Crippen molar-refractivity contribution in [2.24, 2.45) is 5.73 Å². The van der Waals surface area contributed by atoms with Crippen LogP contribution in [0.5, 0.6) is 0 Å². The van der Waals surface area contributed by atoms with E-state index in [0.29, 0.717) is 5.75 Å². The summed E-state index contributed by atoms with van der Waals surface area (Å²) in [4.78, 5) is 11.1. The minimum atomic E-state index is -0.969.